The zero-order valence-corrected chi connectivity index (χ0v) is 12.5. The van der Waals surface area contributed by atoms with Gasteiger partial charge in [0.1, 0.15) is 0 Å². The predicted octanol–water partition coefficient (Wildman–Crippen LogP) is 3.31. The monoisotopic (exact) mass is 252 g/mol. The molecule has 18 heavy (non-hydrogen) atoms. The molecule has 2 nitrogen and oxygen atoms in total. The third-order valence-electron chi connectivity index (χ3n) is 5.53. The maximum absolute atomic E-state index is 6.11. The standard InChI is InChI=1S/C16H32N2/c1-12(2)14-6-8-16(11-17,9-7-14)18-15-5-4-13(3)10-15/h12-15,18H,4-11,17H2,1-3H3. The van der Waals surface area contributed by atoms with Crippen LogP contribution in [0.5, 0.6) is 0 Å². The average molecular weight is 252 g/mol. The molecule has 2 heteroatoms. The molecule has 2 aliphatic rings. The summed E-state index contributed by atoms with van der Waals surface area (Å²) in [4.78, 5) is 0. The second-order valence-corrected chi connectivity index (χ2v) is 7.33. The Hall–Kier alpha value is -0.0800. The Morgan fingerprint density at radius 1 is 1.17 bits per heavy atom. The van der Waals surface area contributed by atoms with Gasteiger partial charge in [-0.1, -0.05) is 20.8 Å². The molecule has 0 aromatic carbocycles. The van der Waals surface area contributed by atoms with Gasteiger partial charge in [-0.2, -0.15) is 0 Å². The lowest BCUT2D eigenvalue weighted by Gasteiger charge is -2.43. The molecule has 0 radical (unpaired) electrons. The molecule has 2 unspecified atom stereocenters. The van der Waals surface area contributed by atoms with Gasteiger partial charge in [0, 0.05) is 18.1 Å². The van der Waals surface area contributed by atoms with Crippen LogP contribution < -0.4 is 11.1 Å². The molecule has 0 spiro atoms. The Balaban J connectivity index is 1.88. The fourth-order valence-corrected chi connectivity index (χ4v) is 4.04. The summed E-state index contributed by atoms with van der Waals surface area (Å²) in [5.74, 6) is 2.67. The Morgan fingerprint density at radius 2 is 1.83 bits per heavy atom. The average Bonchev–Trinajstić information content (AvgIpc) is 2.75. The highest BCUT2D eigenvalue weighted by Crippen LogP contribution is 2.37. The van der Waals surface area contributed by atoms with E-state index in [1.54, 1.807) is 0 Å². The fourth-order valence-electron chi connectivity index (χ4n) is 4.04. The Morgan fingerprint density at radius 3 is 2.28 bits per heavy atom. The van der Waals surface area contributed by atoms with E-state index < -0.39 is 0 Å². The van der Waals surface area contributed by atoms with Crippen LogP contribution in [-0.2, 0) is 0 Å². The first-order chi connectivity index (χ1) is 8.54. The van der Waals surface area contributed by atoms with Crippen LogP contribution in [0, 0.1) is 17.8 Å². The SMILES string of the molecule is CC1CCC(NC2(CN)CCC(C(C)C)CC2)C1. The molecular formula is C16H32N2. The fraction of sp³-hybridized carbons (Fsp3) is 1.00. The molecule has 0 bridgehead atoms. The summed E-state index contributed by atoms with van der Waals surface area (Å²) >= 11 is 0. The van der Waals surface area contributed by atoms with Crippen molar-refractivity contribution in [3.05, 3.63) is 0 Å². The molecule has 0 heterocycles. The predicted molar refractivity (Wildman–Crippen MR) is 78.5 cm³/mol. The van der Waals surface area contributed by atoms with Crippen molar-refractivity contribution in [3.8, 4) is 0 Å². The van der Waals surface area contributed by atoms with E-state index in [1.165, 1.54) is 44.9 Å². The Bertz CT molecular complexity index is 254. The summed E-state index contributed by atoms with van der Waals surface area (Å²) in [6.45, 7) is 7.94. The van der Waals surface area contributed by atoms with E-state index >= 15 is 0 Å². The second kappa shape index (κ2) is 5.92. The highest BCUT2D eigenvalue weighted by atomic mass is 15.0. The van der Waals surface area contributed by atoms with E-state index in [1.807, 2.05) is 0 Å². The van der Waals surface area contributed by atoms with E-state index in [2.05, 4.69) is 26.1 Å². The normalized spacial score (nSPS) is 41.5. The van der Waals surface area contributed by atoms with Crippen LogP contribution in [-0.4, -0.2) is 18.1 Å². The van der Waals surface area contributed by atoms with Crippen LogP contribution >= 0.6 is 0 Å². The van der Waals surface area contributed by atoms with E-state index in [0.717, 1.165) is 30.3 Å². The molecule has 2 saturated carbocycles. The third kappa shape index (κ3) is 3.27. The van der Waals surface area contributed by atoms with Crippen molar-refractivity contribution in [2.24, 2.45) is 23.5 Å². The van der Waals surface area contributed by atoms with Crippen molar-refractivity contribution >= 4 is 0 Å². The van der Waals surface area contributed by atoms with Crippen LogP contribution in [0.4, 0.5) is 0 Å². The van der Waals surface area contributed by atoms with Crippen molar-refractivity contribution in [2.45, 2.75) is 77.3 Å². The van der Waals surface area contributed by atoms with Crippen molar-refractivity contribution in [1.29, 1.82) is 0 Å². The third-order valence-corrected chi connectivity index (χ3v) is 5.53. The highest BCUT2D eigenvalue weighted by molar-refractivity contribution is 4.97. The smallest absolute Gasteiger partial charge is 0.0306 e. The minimum atomic E-state index is 0.264. The topological polar surface area (TPSA) is 38.0 Å². The van der Waals surface area contributed by atoms with Gasteiger partial charge in [-0.3, -0.25) is 0 Å². The van der Waals surface area contributed by atoms with Crippen LogP contribution in [0.2, 0.25) is 0 Å². The number of nitrogens with two attached hydrogens (primary N) is 1. The van der Waals surface area contributed by atoms with Crippen molar-refractivity contribution < 1.29 is 0 Å². The van der Waals surface area contributed by atoms with Crippen molar-refractivity contribution in [3.63, 3.8) is 0 Å². The van der Waals surface area contributed by atoms with Crippen LogP contribution in [0.1, 0.15) is 65.7 Å². The van der Waals surface area contributed by atoms with E-state index in [0.29, 0.717) is 0 Å². The molecule has 2 fully saturated rings. The first-order valence-electron chi connectivity index (χ1n) is 8.02. The largest absolute Gasteiger partial charge is 0.329 e. The molecular weight excluding hydrogens is 220 g/mol. The van der Waals surface area contributed by atoms with E-state index in [-0.39, 0.29) is 5.54 Å². The highest BCUT2D eigenvalue weighted by Gasteiger charge is 2.37. The molecule has 0 aromatic rings. The lowest BCUT2D eigenvalue weighted by molar-refractivity contribution is 0.152. The zero-order chi connectivity index (χ0) is 13.2. The minimum Gasteiger partial charge on any atom is -0.329 e. The molecule has 106 valence electrons. The first-order valence-corrected chi connectivity index (χ1v) is 8.02. The quantitative estimate of drug-likeness (QED) is 0.805. The Kier molecular flexibility index (Phi) is 4.71. The van der Waals surface area contributed by atoms with Gasteiger partial charge in [-0.15, -0.1) is 0 Å². The van der Waals surface area contributed by atoms with Gasteiger partial charge in [0.2, 0.25) is 0 Å². The first kappa shape index (κ1) is 14.3. The molecule has 3 N–H and O–H groups in total. The molecule has 2 aliphatic carbocycles. The summed E-state index contributed by atoms with van der Waals surface area (Å²) < 4.78 is 0. The van der Waals surface area contributed by atoms with Gasteiger partial charge < -0.3 is 11.1 Å². The number of rotatable bonds is 4. The van der Waals surface area contributed by atoms with Crippen LogP contribution in [0.25, 0.3) is 0 Å². The maximum atomic E-state index is 6.11. The summed E-state index contributed by atoms with van der Waals surface area (Å²) in [7, 11) is 0. The molecule has 2 atom stereocenters. The molecule has 0 saturated heterocycles. The minimum absolute atomic E-state index is 0.264. The maximum Gasteiger partial charge on any atom is 0.0306 e. The zero-order valence-electron chi connectivity index (χ0n) is 12.5. The lowest BCUT2D eigenvalue weighted by atomic mass is 9.72. The molecule has 0 aromatic heterocycles. The van der Waals surface area contributed by atoms with Gasteiger partial charge in [0.15, 0.2) is 0 Å². The summed E-state index contributed by atoms with van der Waals surface area (Å²) in [6.07, 6.45) is 9.42. The summed E-state index contributed by atoms with van der Waals surface area (Å²) in [6, 6.07) is 0.735. The summed E-state index contributed by atoms with van der Waals surface area (Å²) in [5.41, 5.74) is 6.37. The van der Waals surface area contributed by atoms with Crippen LogP contribution in [0.15, 0.2) is 0 Å². The van der Waals surface area contributed by atoms with E-state index in [9.17, 15) is 0 Å². The second-order valence-electron chi connectivity index (χ2n) is 7.33. The van der Waals surface area contributed by atoms with Crippen LogP contribution in [0.3, 0.4) is 0 Å². The summed E-state index contributed by atoms with van der Waals surface area (Å²) in [5, 5.41) is 3.95. The number of hydrogen-bond acceptors (Lipinski definition) is 2. The van der Waals surface area contributed by atoms with Crippen molar-refractivity contribution in [2.75, 3.05) is 6.54 Å². The lowest BCUT2D eigenvalue weighted by Crippen LogP contribution is -2.56. The van der Waals surface area contributed by atoms with Gasteiger partial charge in [-0.05, 0) is 62.7 Å². The number of nitrogens with one attached hydrogen (secondary N) is 1. The number of hydrogen-bond donors (Lipinski definition) is 2. The van der Waals surface area contributed by atoms with Crippen molar-refractivity contribution in [1.82, 2.24) is 5.32 Å². The molecule has 2 rings (SSSR count). The molecule has 0 aliphatic heterocycles. The van der Waals surface area contributed by atoms with Gasteiger partial charge >= 0.3 is 0 Å². The van der Waals surface area contributed by atoms with E-state index in [4.69, 9.17) is 5.73 Å². The molecule has 0 amide bonds. The Labute approximate surface area is 113 Å². The van der Waals surface area contributed by atoms with Gasteiger partial charge in [0.05, 0.1) is 0 Å². The van der Waals surface area contributed by atoms with Gasteiger partial charge in [0.25, 0.3) is 0 Å². The van der Waals surface area contributed by atoms with Gasteiger partial charge in [-0.25, -0.2) is 0 Å².